The number of anilines is 1. The standard InChI is InChI=1S/C15H22N2O/c1-2-17-12-9-15(7-10-16-11-8-15)18-14-6-4-3-5-13(14)17/h3-6,16H,2,7-12H2,1H3. The molecule has 0 radical (unpaired) electrons. The lowest BCUT2D eigenvalue weighted by atomic mass is 9.88. The Morgan fingerprint density at radius 1 is 1.22 bits per heavy atom. The summed E-state index contributed by atoms with van der Waals surface area (Å²) in [6, 6.07) is 8.48. The highest BCUT2D eigenvalue weighted by Crippen LogP contribution is 2.39. The summed E-state index contributed by atoms with van der Waals surface area (Å²) in [4.78, 5) is 2.44. The van der Waals surface area contributed by atoms with E-state index in [-0.39, 0.29) is 5.60 Å². The first-order chi connectivity index (χ1) is 8.83. The van der Waals surface area contributed by atoms with E-state index < -0.39 is 0 Å². The minimum absolute atomic E-state index is 0.0608. The molecule has 18 heavy (non-hydrogen) atoms. The van der Waals surface area contributed by atoms with Crippen LogP contribution in [0.1, 0.15) is 26.2 Å². The molecule has 0 bridgehead atoms. The molecule has 1 saturated heterocycles. The van der Waals surface area contributed by atoms with Gasteiger partial charge >= 0.3 is 0 Å². The summed E-state index contributed by atoms with van der Waals surface area (Å²) in [5, 5.41) is 3.43. The number of ether oxygens (including phenoxy) is 1. The van der Waals surface area contributed by atoms with Gasteiger partial charge < -0.3 is 15.0 Å². The van der Waals surface area contributed by atoms with Crippen LogP contribution in [0.3, 0.4) is 0 Å². The summed E-state index contributed by atoms with van der Waals surface area (Å²) < 4.78 is 6.44. The molecule has 2 aliphatic rings. The smallest absolute Gasteiger partial charge is 0.143 e. The van der Waals surface area contributed by atoms with Crippen LogP contribution in [0.2, 0.25) is 0 Å². The van der Waals surface area contributed by atoms with Gasteiger partial charge in [0.05, 0.1) is 5.69 Å². The van der Waals surface area contributed by atoms with Gasteiger partial charge in [-0.25, -0.2) is 0 Å². The third-order valence-corrected chi connectivity index (χ3v) is 4.27. The number of nitrogens with one attached hydrogen (secondary N) is 1. The Morgan fingerprint density at radius 3 is 2.78 bits per heavy atom. The van der Waals surface area contributed by atoms with Crippen LogP contribution >= 0.6 is 0 Å². The van der Waals surface area contributed by atoms with E-state index in [0.29, 0.717) is 0 Å². The molecular formula is C15H22N2O. The number of rotatable bonds is 1. The molecule has 0 unspecified atom stereocenters. The maximum absolute atomic E-state index is 6.44. The van der Waals surface area contributed by atoms with Crippen LogP contribution in [0.4, 0.5) is 5.69 Å². The fraction of sp³-hybridized carbons (Fsp3) is 0.600. The molecule has 1 fully saturated rings. The molecule has 2 aliphatic heterocycles. The van der Waals surface area contributed by atoms with Crippen molar-refractivity contribution in [3.8, 4) is 5.75 Å². The second kappa shape index (κ2) is 4.81. The Labute approximate surface area is 109 Å². The average Bonchev–Trinajstić information content (AvgIpc) is 2.56. The Bertz CT molecular complexity index is 413. The molecule has 98 valence electrons. The van der Waals surface area contributed by atoms with Crippen LogP contribution in [-0.2, 0) is 0 Å². The maximum Gasteiger partial charge on any atom is 0.143 e. The predicted molar refractivity (Wildman–Crippen MR) is 74.4 cm³/mol. The van der Waals surface area contributed by atoms with Gasteiger partial charge in [-0.1, -0.05) is 12.1 Å². The van der Waals surface area contributed by atoms with Crippen LogP contribution in [0.15, 0.2) is 24.3 Å². The van der Waals surface area contributed by atoms with Crippen molar-refractivity contribution in [3.05, 3.63) is 24.3 Å². The Kier molecular flexibility index (Phi) is 3.16. The highest BCUT2D eigenvalue weighted by Gasteiger charge is 2.37. The lowest BCUT2D eigenvalue weighted by Crippen LogP contribution is -2.47. The maximum atomic E-state index is 6.44. The number of fused-ring (bicyclic) bond motifs is 1. The molecule has 3 nitrogen and oxygen atoms in total. The Hall–Kier alpha value is -1.22. The molecule has 1 N–H and O–H groups in total. The molecule has 2 heterocycles. The van der Waals surface area contributed by atoms with Crippen molar-refractivity contribution in [2.75, 3.05) is 31.1 Å². The van der Waals surface area contributed by atoms with E-state index in [1.165, 1.54) is 5.69 Å². The van der Waals surface area contributed by atoms with Crippen molar-refractivity contribution < 1.29 is 4.74 Å². The lowest BCUT2D eigenvalue weighted by Gasteiger charge is -2.37. The minimum atomic E-state index is 0.0608. The monoisotopic (exact) mass is 246 g/mol. The second-order valence-corrected chi connectivity index (χ2v) is 5.33. The molecule has 1 spiro atoms. The molecule has 0 aromatic heterocycles. The number of nitrogens with zero attached hydrogens (tertiary/aromatic N) is 1. The summed E-state index contributed by atoms with van der Waals surface area (Å²) in [5.41, 5.74) is 1.32. The third kappa shape index (κ3) is 2.07. The quantitative estimate of drug-likeness (QED) is 0.823. The summed E-state index contributed by atoms with van der Waals surface area (Å²) in [6.45, 7) is 6.53. The van der Waals surface area contributed by atoms with Crippen LogP contribution in [0, 0.1) is 0 Å². The molecular weight excluding hydrogens is 224 g/mol. The topological polar surface area (TPSA) is 24.5 Å². The third-order valence-electron chi connectivity index (χ3n) is 4.27. The van der Waals surface area contributed by atoms with Gasteiger partial charge in [-0.3, -0.25) is 0 Å². The highest BCUT2D eigenvalue weighted by molar-refractivity contribution is 5.59. The van der Waals surface area contributed by atoms with Crippen LogP contribution in [0.5, 0.6) is 5.75 Å². The van der Waals surface area contributed by atoms with Crippen molar-refractivity contribution >= 4 is 5.69 Å². The summed E-state index contributed by atoms with van der Waals surface area (Å²) in [5.74, 6) is 1.07. The van der Waals surface area contributed by atoms with Crippen molar-refractivity contribution in [2.45, 2.75) is 31.8 Å². The van der Waals surface area contributed by atoms with Gasteiger partial charge in [0.2, 0.25) is 0 Å². The van der Waals surface area contributed by atoms with Crippen molar-refractivity contribution in [2.24, 2.45) is 0 Å². The molecule has 1 aromatic carbocycles. The van der Waals surface area contributed by atoms with Gasteiger partial charge in [0.15, 0.2) is 0 Å². The average molecular weight is 246 g/mol. The molecule has 3 rings (SSSR count). The zero-order valence-corrected chi connectivity index (χ0v) is 11.1. The van der Waals surface area contributed by atoms with Gasteiger partial charge in [-0.15, -0.1) is 0 Å². The normalized spacial score (nSPS) is 22.2. The van der Waals surface area contributed by atoms with Crippen molar-refractivity contribution in [1.82, 2.24) is 5.32 Å². The number of hydrogen-bond donors (Lipinski definition) is 1. The number of piperidine rings is 1. The van der Waals surface area contributed by atoms with Gasteiger partial charge in [-0.2, -0.15) is 0 Å². The fourth-order valence-electron chi connectivity index (χ4n) is 3.11. The summed E-state index contributed by atoms with van der Waals surface area (Å²) in [6.07, 6.45) is 3.38. The van der Waals surface area contributed by atoms with E-state index in [2.05, 4.69) is 41.4 Å². The molecule has 0 atom stereocenters. The van der Waals surface area contributed by atoms with Gasteiger partial charge in [0.25, 0.3) is 0 Å². The molecule has 0 aliphatic carbocycles. The van der Waals surface area contributed by atoms with Gasteiger partial charge in [0.1, 0.15) is 11.4 Å². The zero-order chi connectivity index (χ0) is 12.4. The first-order valence-electron chi connectivity index (χ1n) is 7.07. The minimum Gasteiger partial charge on any atom is -0.485 e. The highest BCUT2D eigenvalue weighted by atomic mass is 16.5. The van der Waals surface area contributed by atoms with E-state index in [1.54, 1.807) is 0 Å². The van der Waals surface area contributed by atoms with E-state index in [4.69, 9.17) is 4.74 Å². The Morgan fingerprint density at radius 2 is 2.00 bits per heavy atom. The van der Waals surface area contributed by atoms with Crippen LogP contribution in [0.25, 0.3) is 0 Å². The zero-order valence-electron chi connectivity index (χ0n) is 11.1. The second-order valence-electron chi connectivity index (χ2n) is 5.33. The summed E-state index contributed by atoms with van der Waals surface area (Å²) >= 11 is 0. The van der Waals surface area contributed by atoms with E-state index in [0.717, 1.165) is 51.2 Å². The van der Waals surface area contributed by atoms with E-state index >= 15 is 0 Å². The van der Waals surface area contributed by atoms with E-state index in [9.17, 15) is 0 Å². The summed E-state index contributed by atoms with van der Waals surface area (Å²) in [7, 11) is 0. The predicted octanol–water partition coefficient (Wildman–Crippen LogP) is 2.42. The lowest BCUT2D eigenvalue weighted by molar-refractivity contribution is 0.0351. The number of benzene rings is 1. The number of hydrogen-bond acceptors (Lipinski definition) is 3. The molecule has 0 amide bonds. The molecule has 3 heteroatoms. The molecule has 0 saturated carbocycles. The Balaban J connectivity index is 1.93. The molecule has 1 aromatic rings. The van der Waals surface area contributed by atoms with Crippen molar-refractivity contribution in [1.29, 1.82) is 0 Å². The SMILES string of the molecule is CCN1CCC2(CCNCC2)Oc2ccccc21. The van der Waals surface area contributed by atoms with Crippen LogP contribution < -0.4 is 15.0 Å². The van der Waals surface area contributed by atoms with E-state index in [1.807, 2.05) is 0 Å². The van der Waals surface area contributed by atoms with Gasteiger partial charge in [-0.05, 0) is 45.0 Å². The first kappa shape index (κ1) is 11.8. The number of para-hydroxylation sites is 2. The first-order valence-corrected chi connectivity index (χ1v) is 7.07. The fourth-order valence-corrected chi connectivity index (χ4v) is 3.11. The largest absolute Gasteiger partial charge is 0.485 e. The van der Waals surface area contributed by atoms with Crippen LogP contribution in [-0.4, -0.2) is 31.8 Å². The van der Waals surface area contributed by atoms with Gasteiger partial charge in [0, 0.05) is 19.5 Å². The van der Waals surface area contributed by atoms with Crippen molar-refractivity contribution in [3.63, 3.8) is 0 Å².